The molecule has 3 aliphatic heterocycles. The molecule has 0 radical (unpaired) electrons. The number of likely N-dealkylation sites (tertiary alicyclic amines) is 1. The molecule has 4 rings (SSSR count). The van der Waals surface area contributed by atoms with E-state index in [9.17, 15) is 32.4 Å². The lowest BCUT2D eigenvalue weighted by Gasteiger charge is -2.32. The second-order valence-electron chi connectivity index (χ2n) is 9.56. The number of fused-ring (bicyclic) bond motifs is 1. The van der Waals surface area contributed by atoms with Crippen molar-refractivity contribution in [3.05, 3.63) is 29.8 Å². The number of carbonyl (C=O) groups excluding carboxylic acids is 5. The van der Waals surface area contributed by atoms with Crippen LogP contribution in [-0.4, -0.2) is 78.9 Å². The number of carbonyl (C=O) groups is 5. The van der Waals surface area contributed by atoms with Gasteiger partial charge in [-0.3, -0.25) is 29.0 Å². The van der Waals surface area contributed by atoms with E-state index in [4.69, 9.17) is 0 Å². The molecule has 6 amide bonds. The van der Waals surface area contributed by atoms with Crippen LogP contribution in [0, 0.1) is 5.41 Å². The summed E-state index contributed by atoms with van der Waals surface area (Å²) in [5, 5.41) is 2.53. The smallest absolute Gasteiger partial charge is 0.324 e. The van der Waals surface area contributed by atoms with Gasteiger partial charge in [-0.15, -0.1) is 0 Å². The van der Waals surface area contributed by atoms with Crippen molar-refractivity contribution < 1.29 is 32.4 Å². The van der Waals surface area contributed by atoms with E-state index in [1.54, 1.807) is 33.0 Å². The average molecular weight is 527 g/mol. The number of hydrogen-bond donors (Lipinski definition) is 1. The lowest BCUT2D eigenvalue weighted by molar-refractivity contribution is -0.150. The maximum atomic E-state index is 11.5. The highest BCUT2D eigenvalue weighted by Crippen LogP contribution is 2.30. The van der Waals surface area contributed by atoms with E-state index in [-0.39, 0.29) is 54.5 Å². The molecule has 1 aromatic carbocycles. The molecule has 0 aliphatic carbocycles. The maximum absolute atomic E-state index is 11.5. The summed E-state index contributed by atoms with van der Waals surface area (Å²) >= 11 is 0. The SMILES string of the molecule is C.C.CN1C(=O)CC(C)(C)CC1=O.CN1C(=O)NC(C)(C)C1=O.CN1C(=O)c2ccccc2S1(=O)=O. The number of sulfonamides is 1. The van der Waals surface area contributed by atoms with Crippen molar-refractivity contribution in [1.82, 2.24) is 19.4 Å². The Bertz CT molecular complexity index is 1140. The zero-order valence-corrected chi connectivity index (χ0v) is 21.1. The minimum atomic E-state index is -3.55. The first-order chi connectivity index (χ1) is 15.4. The third kappa shape index (κ3) is 6.48. The highest BCUT2D eigenvalue weighted by atomic mass is 32.2. The van der Waals surface area contributed by atoms with Gasteiger partial charge in [0.05, 0.1) is 5.56 Å². The average Bonchev–Trinajstić information content (AvgIpc) is 3.02. The predicted octanol–water partition coefficient (Wildman–Crippen LogP) is 2.47. The van der Waals surface area contributed by atoms with Gasteiger partial charge in [0.1, 0.15) is 10.4 Å². The maximum Gasteiger partial charge on any atom is 0.324 e. The van der Waals surface area contributed by atoms with Crippen LogP contribution in [0.25, 0.3) is 0 Å². The molecule has 3 heterocycles. The fourth-order valence-corrected chi connectivity index (χ4v) is 4.76. The van der Waals surface area contributed by atoms with Gasteiger partial charge in [-0.25, -0.2) is 17.5 Å². The highest BCUT2D eigenvalue weighted by Gasteiger charge is 2.42. The van der Waals surface area contributed by atoms with Gasteiger partial charge in [0.2, 0.25) is 11.8 Å². The van der Waals surface area contributed by atoms with Gasteiger partial charge in [0.25, 0.3) is 21.8 Å². The van der Waals surface area contributed by atoms with Gasteiger partial charge in [-0.2, -0.15) is 0 Å². The molecule has 1 N–H and O–H groups in total. The highest BCUT2D eigenvalue weighted by molar-refractivity contribution is 7.90. The van der Waals surface area contributed by atoms with Crippen molar-refractivity contribution in [2.24, 2.45) is 5.41 Å². The standard InChI is InChI=1S/C8H7NO3S.C8H13NO2.C6H10N2O2.2CH4/c1-9-8(10)6-4-2-3-5-7(6)13(9,11)12;1-8(2)4-6(10)9(3)7(11)5-8;1-6(2)4(9)8(3)5(10)7-6;;/h2-5H,1H3;4-5H2,1-3H3;1-3H3,(H,7,10);2*1H4. The third-order valence-electron chi connectivity index (χ3n) is 5.61. The topological polar surface area (TPSA) is 141 Å². The molecule has 12 heteroatoms. The van der Waals surface area contributed by atoms with Crippen molar-refractivity contribution in [2.45, 2.75) is 65.8 Å². The number of benzene rings is 1. The molecule has 202 valence electrons. The van der Waals surface area contributed by atoms with E-state index in [2.05, 4.69) is 5.32 Å². The van der Waals surface area contributed by atoms with Crippen LogP contribution in [0.2, 0.25) is 0 Å². The van der Waals surface area contributed by atoms with Gasteiger partial charge in [0.15, 0.2) is 0 Å². The largest absolute Gasteiger partial charge is 0.324 e. The van der Waals surface area contributed by atoms with Crippen LogP contribution in [0.4, 0.5) is 4.79 Å². The van der Waals surface area contributed by atoms with E-state index in [1.165, 1.54) is 31.1 Å². The molecule has 2 saturated heterocycles. The van der Waals surface area contributed by atoms with Crippen molar-refractivity contribution in [3.8, 4) is 0 Å². The fraction of sp³-hybridized carbons (Fsp3) is 0.542. The number of piperidine rings is 1. The Labute approximate surface area is 213 Å². The first-order valence-corrected chi connectivity index (χ1v) is 11.9. The molecule has 0 atom stereocenters. The summed E-state index contributed by atoms with van der Waals surface area (Å²) in [5.74, 6) is -0.773. The molecule has 36 heavy (non-hydrogen) atoms. The van der Waals surface area contributed by atoms with Crippen molar-refractivity contribution in [3.63, 3.8) is 0 Å². The lowest BCUT2D eigenvalue weighted by Crippen LogP contribution is -2.43. The zero-order valence-electron chi connectivity index (χ0n) is 20.3. The van der Waals surface area contributed by atoms with E-state index < -0.39 is 21.5 Å². The van der Waals surface area contributed by atoms with Crippen LogP contribution in [0.5, 0.6) is 0 Å². The quantitative estimate of drug-likeness (QED) is 0.404. The summed E-state index contributed by atoms with van der Waals surface area (Å²) in [5.41, 5.74) is -0.600. The Morgan fingerprint density at radius 2 is 1.28 bits per heavy atom. The van der Waals surface area contributed by atoms with E-state index in [0.29, 0.717) is 12.8 Å². The zero-order chi connectivity index (χ0) is 26.2. The normalized spacial score (nSPS) is 20.6. The molecule has 0 aromatic heterocycles. The Hall–Kier alpha value is -3.28. The van der Waals surface area contributed by atoms with Crippen LogP contribution in [0.1, 0.15) is 65.7 Å². The molecule has 0 unspecified atom stereocenters. The number of rotatable bonds is 0. The molecule has 2 fully saturated rings. The second-order valence-corrected chi connectivity index (χ2v) is 11.5. The molecule has 11 nitrogen and oxygen atoms in total. The summed E-state index contributed by atoms with van der Waals surface area (Å²) in [4.78, 5) is 57.9. The monoisotopic (exact) mass is 526 g/mol. The first-order valence-electron chi connectivity index (χ1n) is 10.4. The fourth-order valence-electron chi connectivity index (χ4n) is 3.47. The minimum Gasteiger partial charge on any atom is -0.324 e. The number of likely N-dealkylation sites (N-methyl/N-ethyl adjacent to an activating group) is 1. The van der Waals surface area contributed by atoms with Crippen LogP contribution in [0.15, 0.2) is 29.2 Å². The minimum absolute atomic E-state index is 0. The van der Waals surface area contributed by atoms with Crippen molar-refractivity contribution in [1.29, 1.82) is 0 Å². The van der Waals surface area contributed by atoms with E-state index in [1.807, 2.05) is 13.8 Å². The van der Waals surface area contributed by atoms with Crippen molar-refractivity contribution in [2.75, 3.05) is 21.1 Å². The summed E-state index contributed by atoms with van der Waals surface area (Å²) in [6, 6.07) is 5.87. The molecule has 0 saturated carbocycles. The van der Waals surface area contributed by atoms with Gasteiger partial charge in [-0.05, 0) is 31.4 Å². The number of amides is 6. The number of nitrogens with zero attached hydrogens (tertiary/aromatic N) is 3. The van der Waals surface area contributed by atoms with Crippen LogP contribution < -0.4 is 5.32 Å². The van der Waals surface area contributed by atoms with E-state index in [0.717, 1.165) is 9.21 Å². The van der Waals surface area contributed by atoms with E-state index >= 15 is 0 Å². The Morgan fingerprint density at radius 1 is 0.806 bits per heavy atom. The number of urea groups is 1. The molecule has 0 spiro atoms. The Balaban J connectivity index is 0.000000502. The summed E-state index contributed by atoms with van der Waals surface area (Å²) in [6.07, 6.45) is 0.963. The first kappa shape index (κ1) is 32.7. The Morgan fingerprint density at radius 3 is 1.64 bits per heavy atom. The molecular formula is C24H38N4O7S. The third-order valence-corrected chi connectivity index (χ3v) is 7.41. The molecule has 1 aromatic rings. The molecule has 0 bridgehead atoms. The molecule has 3 aliphatic rings. The van der Waals surface area contributed by atoms with Gasteiger partial charge < -0.3 is 5.32 Å². The number of imide groups is 2. The Kier molecular flexibility index (Phi) is 10.2. The van der Waals surface area contributed by atoms with Gasteiger partial charge >= 0.3 is 6.03 Å². The number of nitrogens with one attached hydrogen (secondary N) is 1. The summed E-state index contributed by atoms with van der Waals surface area (Å²) in [6.45, 7) is 7.24. The van der Waals surface area contributed by atoms with Crippen LogP contribution >= 0.6 is 0 Å². The predicted molar refractivity (Wildman–Crippen MR) is 135 cm³/mol. The molecular weight excluding hydrogens is 488 g/mol. The second kappa shape index (κ2) is 11.2. The van der Waals surface area contributed by atoms with Gasteiger partial charge in [-0.1, -0.05) is 40.8 Å². The van der Waals surface area contributed by atoms with Crippen molar-refractivity contribution >= 4 is 39.7 Å². The van der Waals surface area contributed by atoms with Gasteiger partial charge in [0, 0.05) is 34.0 Å². The van der Waals surface area contributed by atoms with Crippen LogP contribution in [-0.2, 0) is 24.4 Å². The lowest BCUT2D eigenvalue weighted by atomic mass is 9.82. The summed E-state index contributed by atoms with van der Waals surface area (Å²) in [7, 11) is 0.718. The van der Waals surface area contributed by atoms with Crippen LogP contribution in [0.3, 0.4) is 0 Å². The number of hydrogen-bond acceptors (Lipinski definition) is 7. The summed E-state index contributed by atoms with van der Waals surface area (Å²) < 4.78 is 23.8.